The zero-order valence-corrected chi connectivity index (χ0v) is 17.2. The third kappa shape index (κ3) is 4.12. The van der Waals surface area contributed by atoms with Crippen molar-refractivity contribution < 1.29 is 9.59 Å². The summed E-state index contributed by atoms with van der Waals surface area (Å²) in [6.07, 6.45) is 0. The first kappa shape index (κ1) is 19.8. The van der Waals surface area contributed by atoms with Gasteiger partial charge in [-0.3, -0.25) is 30.1 Å². The molecule has 0 fully saturated rings. The summed E-state index contributed by atoms with van der Waals surface area (Å²) >= 11 is 6.77. The molecule has 0 aliphatic heterocycles. The lowest BCUT2D eigenvalue weighted by Crippen LogP contribution is -2.44. The van der Waals surface area contributed by atoms with Gasteiger partial charge in [0.1, 0.15) is 6.04 Å². The van der Waals surface area contributed by atoms with Crippen molar-refractivity contribution in [2.75, 3.05) is 19.0 Å². The Kier molecular flexibility index (Phi) is 5.90. The van der Waals surface area contributed by atoms with Gasteiger partial charge < -0.3 is 4.90 Å². The second-order valence-corrected chi connectivity index (χ2v) is 7.60. The summed E-state index contributed by atoms with van der Waals surface area (Å²) in [6.45, 7) is 1.69. The highest BCUT2D eigenvalue weighted by molar-refractivity contribution is 7.71. The normalized spacial score (nSPS) is 11.7. The summed E-state index contributed by atoms with van der Waals surface area (Å²) in [5, 5.41) is 8.85. The van der Waals surface area contributed by atoms with Gasteiger partial charge in [-0.2, -0.15) is 5.10 Å². The molecule has 3 N–H and O–H groups in total. The van der Waals surface area contributed by atoms with E-state index >= 15 is 0 Å². The number of thiophene rings is 1. The minimum absolute atomic E-state index is 0.330. The molecule has 2 amide bonds. The van der Waals surface area contributed by atoms with Gasteiger partial charge in [-0.15, -0.1) is 11.3 Å². The molecule has 0 bridgehead atoms. The van der Waals surface area contributed by atoms with Gasteiger partial charge in [0.25, 0.3) is 11.8 Å². The number of H-pyrrole nitrogens is 1. The fourth-order valence-corrected chi connectivity index (χ4v) is 3.58. The van der Waals surface area contributed by atoms with Gasteiger partial charge in [-0.05, 0) is 48.8 Å². The summed E-state index contributed by atoms with van der Waals surface area (Å²) in [4.78, 5) is 27.7. The molecule has 0 saturated carbocycles. The Labute approximate surface area is 171 Å². The van der Waals surface area contributed by atoms with Gasteiger partial charge in [0, 0.05) is 25.3 Å². The predicted octanol–water partition coefficient (Wildman–Crippen LogP) is 2.76. The monoisotopic (exact) mass is 416 g/mol. The molecule has 146 valence electrons. The zero-order chi connectivity index (χ0) is 20.3. The average Bonchev–Trinajstić information content (AvgIpc) is 3.34. The number of hydrazine groups is 1. The maximum Gasteiger partial charge on any atom is 0.269 e. The van der Waals surface area contributed by atoms with Crippen molar-refractivity contribution in [3.05, 3.63) is 52.1 Å². The third-order valence-corrected chi connectivity index (χ3v) is 5.29. The molecule has 1 aromatic carbocycles. The molecule has 10 heteroatoms. The first-order valence-electron chi connectivity index (χ1n) is 8.47. The molecule has 0 aliphatic carbocycles. The maximum absolute atomic E-state index is 12.6. The standard InChI is InChI=1S/C18H20N6O2S2/c1-11(24-15(19-22-18(24)27)14-8-5-9-28-14)16(25)20-21-17(26)12-6-4-7-13(10-12)23(2)3/h4-11H,1-3H3,(H,20,25)(H,21,26)(H,22,27). The highest BCUT2D eigenvalue weighted by Gasteiger charge is 2.22. The Morgan fingerprint density at radius 3 is 2.71 bits per heavy atom. The number of hydrogen-bond donors (Lipinski definition) is 3. The van der Waals surface area contributed by atoms with E-state index in [1.807, 2.05) is 42.6 Å². The van der Waals surface area contributed by atoms with Crippen LogP contribution in [0.25, 0.3) is 10.7 Å². The van der Waals surface area contributed by atoms with E-state index in [0.29, 0.717) is 16.2 Å². The summed E-state index contributed by atoms with van der Waals surface area (Å²) in [5.41, 5.74) is 6.24. The van der Waals surface area contributed by atoms with Gasteiger partial charge in [0.15, 0.2) is 10.6 Å². The molecule has 28 heavy (non-hydrogen) atoms. The molecule has 0 saturated heterocycles. The molecule has 2 aromatic heterocycles. The highest BCUT2D eigenvalue weighted by atomic mass is 32.1. The van der Waals surface area contributed by atoms with E-state index in [9.17, 15) is 9.59 Å². The van der Waals surface area contributed by atoms with Crippen LogP contribution in [0, 0.1) is 4.77 Å². The number of nitrogens with one attached hydrogen (secondary N) is 3. The molecule has 3 rings (SSSR count). The Hall–Kier alpha value is -2.98. The number of carbonyl (C=O) groups excluding carboxylic acids is 2. The van der Waals surface area contributed by atoms with Gasteiger partial charge >= 0.3 is 0 Å². The molecule has 8 nitrogen and oxygen atoms in total. The Bertz CT molecular complexity index is 1040. The van der Waals surface area contributed by atoms with Crippen LogP contribution in [-0.2, 0) is 4.79 Å². The van der Waals surface area contributed by atoms with E-state index in [1.54, 1.807) is 29.7 Å². The largest absolute Gasteiger partial charge is 0.378 e. The molecule has 2 heterocycles. The van der Waals surface area contributed by atoms with Gasteiger partial charge in [-0.25, -0.2) is 0 Å². The smallest absolute Gasteiger partial charge is 0.269 e. The number of aromatic nitrogens is 3. The second kappa shape index (κ2) is 8.36. The van der Waals surface area contributed by atoms with Gasteiger partial charge in [-0.1, -0.05) is 12.1 Å². The highest BCUT2D eigenvalue weighted by Crippen LogP contribution is 2.25. The quantitative estimate of drug-likeness (QED) is 0.439. The van der Waals surface area contributed by atoms with Crippen molar-refractivity contribution in [3.63, 3.8) is 0 Å². The summed E-state index contributed by atoms with van der Waals surface area (Å²) in [6, 6.07) is 10.2. The Morgan fingerprint density at radius 1 is 1.25 bits per heavy atom. The average molecular weight is 417 g/mol. The fourth-order valence-electron chi connectivity index (χ4n) is 2.58. The van der Waals surface area contributed by atoms with Crippen LogP contribution in [0.15, 0.2) is 41.8 Å². The van der Waals surface area contributed by atoms with E-state index < -0.39 is 17.9 Å². The van der Waals surface area contributed by atoms with Gasteiger partial charge in [0.2, 0.25) is 0 Å². The topological polar surface area (TPSA) is 95.1 Å². The summed E-state index contributed by atoms with van der Waals surface area (Å²) in [5.74, 6) is -0.237. The molecule has 1 unspecified atom stereocenters. The van der Waals surface area contributed by atoms with Crippen molar-refractivity contribution in [2.24, 2.45) is 0 Å². The lowest BCUT2D eigenvalue weighted by Gasteiger charge is -2.16. The number of anilines is 1. The number of hydrogen-bond acceptors (Lipinski definition) is 6. The Morgan fingerprint density at radius 2 is 2.04 bits per heavy atom. The van der Waals surface area contributed by atoms with Crippen molar-refractivity contribution in [2.45, 2.75) is 13.0 Å². The van der Waals surface area contributed by atoms with Crippen molar-refractivity contribution in [1.82, 2.24) is 25.6 Å². The first-order chi connectivity index (χ1) is 13.4. The van der Waals surface area contributed by atoms with Crippen LogP contribution in [0.3, 0.4) is 0 Å². The van der Waals surface area contributed by atoms with Gasteiger partial charge in [0.05, 0.1) is 4.88 Å². The number of benzene rings is 1. The van der Waals surface area contributed by atoms with E-state index in [1.165, 1.54) is 11.3 Å². The van der Waals surface area contributed by atoms with Crippen LogP contribution < -0.4 is 15.8 Å². The number of nitrogens with zero attached hydrogens (tertiary/aromatic N) is 3. The van der Waals surface area contributed by atoms with E-state index in [2.05, 4.69) is 21.0 Å². The number of rotatable bonds is 5. The number of carbonyl (C=O) groups is 2. The molecule has 0 aliphatic rings. The SMILES string of the molecule is CC(C(=O)NNC(=O)c1cccc(N(C)C)c1)n1c(-c2cccs2)n[nH]c1=S. The van der Waals surface area contributed by atoms with Crippen molar-refractivity contribution in [1.29, 1.82) is 0 Å². The second-order valence-electron chi connectivity index (χ2n) is 6.26. The van der Waals surface area contributed by atoms with E-state index in [-0.39, 0.29) is 0 Å². The van der Waals surface area contributed by atoms with Crippen LogP contribution in [-0.4, -0.2) is 40.7 Å². The summed E-state index contributed by atoms with van der Waals surface area (Å²) < 4.78 is 1.95. The minimum Gasteiger partial charge on any atom is -0.378 e. The fraction of sp³-hybridized carbons (Fsp3) is 0.222. The lowest BCUT2D eigenvalue weighted by atomic mass is 10.2. The van der Waals surface area contributed by atoms with Crippen LogP contribution in [0.5, 0.6) is 0 Å². The van der Waals surface area contributed by atoms with E-state index in [0.717, 1.165) is 10.6 Å². The Balaban J connectivity index is 1.71. The van der Waals surface area contributed by atoms with Crippen LogP contribution in [0.2, 0.25) is 0 Å². The molecule has 1 atom stereocenters. The molecular weight excluding hydrogens is 396 g/mol. The predicted molar refractivity (Wildman–Crippen MR) is 112 cm³/mol. The molecule has 0 radical (unpaired) electrons. The minimum atomic E-state index is -0.670. The zero-order valence-electron chi connectivity index (χ0n) is 15.6. The maximum atomic E-state index is 12.6. The molecular formula is C18H20N6O2S2. The summed E-state index contributed by atoms with van der Waals surface area (Å²) in [7, 11) is 3.78. The number of aromatic amines is 1. The first-order valence-corrected chi connectivity index (χ1v) is 9.75. The van der Waals surface area contributed by atoms with Crippen molar-refractivity contribution >= 4 is 41.1 Å². The van der Waals surface area contributed by atoms with E-state index in [4.69, 9.17) is 12.2 Å². The van der Waals surface area contributed by atoms with Crippen LogP contribution >= 0.6 is 23.6 Å². The number of amides is 2. The third-order valence-electron chi connectivity index (χ3n) is 4.14. The lowest BCUT2D eigenvalue weighted by molar-refractivity contribution is -0.124. The molecule has 3 aromatic rings. The molecule has 0 spiro atoms. The van der Waals surface area contributed by atoms with Crippen molar-refractivity contribution in [3.8, 4) is 10.7 Å². The van der Waals surface area contributed by atoms with Crippen LogP contribution in [0.4, 0.5) is 5.69 Å². The van der Waals surface area contributed by atoms with Crippen LogP contribution in [0.1, 0.15) is 23.3 Å².